The van der Waals surface area contributed by atoms with E-state index in [2.05, 4.69) is 131 Å². The van der Waals surface area contributed by atoms with Gasteiger partial charge in [0.1, 0.15) is 40.5 Å². The number of carbonyl (C=O) groups is 2. The predicted octanol–water partition coefficient (Wildman–Crippen LogP) is 13.3. The Morgan fingerprint density at radius 2 is 1.08 bits per heavy atom. The minimum atomic E-state index is -1.19. The zero-order valence-corrected chi connectivity index (χ0v) is 45.4. The molecule has 4 N–H and O–H groups in total. The zero-order chi connectivity index (χ0) is 47.6. The minimum absolute atomic E-state index is 0.144. The first-order valence-electron chi connectivity index (χ1n) is 20.3. The third-order valence-corrected chi connectivity index (χ3v) is 12.8. The molecule has 6 aromatic carbocycles. The number of benzene rings is 6. The first-order valence-corrected chi connectivity index (χ1v) is 25.1. The molecule has 344 valence electrons. The van der Waals surface area contributed by atoms with Gasteiger partial charge in [0.05, 0.1) is 32.2 Å². The van der Waals surface area contributed by atoms with Crippen LogP contribution in [0.2, 0.25) is 0 Å². The average Bonchev–Trinajstić information content (AvgIpc) is 3.27. The maximum atomic E-state index is 11.5. The number of ether oxygens (including phenoxy) is 3. The molecule has 11 nitrogen and oxygen atoms in total. The summed E-state index contributed by atoms with van der Waals surface area (Å²) in [5.41, 5.74) is 7.23. The van der Waals surface area contributed by atoms with E-state index in [0.29, 0.717) is 36.0 Å². The van der Waals surface area contributed by atoms with Crippen molar-refractivity contribution in [2.75, 3.05) is 6.61 Å². The van der Waals surface area contributed by atoms with Gasteiger partial charge in [-0.1, -0.05) is 33.3 Å². The van der Waals surface area contributed by atoms with Crippen molar-refractivity contribution < 1.29 is 49.1 Å². The molecule has 6 aromatic rings. The van der Waals surface area contributed by atoms with E-state index < -0.39 is 18.0 Å². The Balaban J connectivity index is 0.000000219. The van der Waals surface area contributed by atoms with Crippen molar-refractivity contribution in [3.05, 3.63) is 157 Å². The summed E-state index contributed by atoms with van der Waals surface area (Å²) < 4.78 is 22.2. The normalized spacial score (nSPS) is 11.0. The molecule has 0 aromatic heterocycles. The summed E-state index contributed by atoms with van der Waals surface area (Å²) in [6.07, 6.45) is 4.11. The number of aryl methyl sites for hydroxylation is 3. The largest absolute Gasteiger partial charge is 0.545 e. The summed E-state index contributed by atoms with van der Waals surface area (Å²) in [6, 6.07) is 30.6. The van der Waals surface area contributed by atoms with Crippen LogP contribution in [-0.2, 0) is 28.9 Å². The number of halogens is 5. The van der Waals surface area contributed by atoms with Gasteiger partial charge < -0.3 is 44.3 Å². The van der Waals surface area contributed by atoms with E-state index in [-0.39, 0.29) is 17.1 Å². The van der Waals surface area contributed by atoms with Gasteiger partial charge in [-0.25, -0.2) is 0 Å². The van der Waals surface area contributed by atoms with Crippen molar-refractivity contribution >= 4 is 112 Å². The summed E-state index contributed by atoms with van der Waals surface area (Å²) in [4.78, 5) is 27.4. The van der Waals surface area contributed by atoms with Crippen LogP contribution in [0.3, 0.4) is 0 Å². The fourth-order valence-corrected chi connectivity index (χ4v) is 10.2. The number of hydrogen-bond donors (Lipinski definition) is 4. The fraction of sp³-hybridized carbons (Fsp3) is 0.224. The van der Waals surface area contributed by atoms with Crippen LogP contribution in [0.5, 0.6) is 46.0 Å². The highest BCUT2D eigenvalue weighted by Crippen LogP contribution is 2.39. The Morgan fingerprint density at radius 3 is 1.52 bits per heavy atom. The van der Waals surface area contributed by atoms with Crippen LogP contribution in [0.4, 0.5) is 0 Å². The highest BCUT2D eigenvalue weighted by atomic mass is 127. The molecule has 0 bridgehead atoms. The lowest BCUT2D eigenvalue weighted by molar-refractivity contribution is -0.255. The van der Waals surface area contributed by atoms with Crippen LogP contribution in [0.25, 0.3) is 0 Å². The van der Waals surface area contributed by atoms with Crippen LogP contribution >= 0.6 is 99.6 Å². The number of hydroxylamine groups is 1. The second-order valence-electron chi connectivity index (χ2n) is 14.2. The van der Waals surface area contributed by atoms with Crippen molar-refractivity contribution in [2.24, 2.45) is 0 Å². The van der Waals surface area contributed by atoms with E-state index in [0.717, 1.165) is 68.0 Å². The molecule has 0 saturated heterocycles. The number of aliphatic carboxylic acids is 1. The van der Waals surface area contributed by atoms with Gasteiger partial charge in [0.25, 0.3) is 0 Å². The second-order valence-corrected chi connectivity index (χ2v) is 19.4. The standard InChI is InChI=1S/C19H21I2NO5.C16H15IO3.C14H12Br2O2/c1-2-3-8-26-22-17(19(24)25)11-12-9-15(20)18(16(21)10-12)27-14-6-4-13(23)5-7-14;1-3-11-8-10(2)15(14(17)9-11)20-13-6-4-12(5-7-13)16(18)19;1-2-9-7-12(15)14(13(16)8-9)18-11-5-3-10(17)4-6-11/h4-7,9-10,17,22-23H,2-3,8,11H2,1H3,(H,24,25);4-9H,3H2,1-2H3,(H,18,19);3-8,17H,2H2,1H3/p-1/t17-;;/m0../s1. The SMILES string of the molecule is CCCCON[C@@H](Cc1cc(I)c(Oc2ccc(O)cc2)c(I)c1)C(=O)O.CCc1cc(Br)c(Oc2ccc(O)cc2)c(Br)c1.CCc1cc(C)c(Oc2ccc(C(=O)[O-])cc2)c(I)c1. The molecule has 0 saturated carbocycles. The van der Waals surface area contributed by atoms with Crippen LogP contribution in [0.15, 0.2) is 118 Å². The highest BCUT2D eigenvalue weighted by molar-refractivity contribution is 14.1. The van der Waals surface area contributed by atoms with E-state index in [1.54, 1.807) is 60.7 Å². The van der Waals surface area contributed by atoms with Crippen LogP contribution in [0.1, 0.15) is 66.2 Å². The van der Waals surface area contributed by atoms with Gasteiger partial charge in [-0.15, -0.1) is 0 Å². The number of aromatic carboxylic acids is 1. The molecule has 0 aliphatic heterocycles. The van der Waals surface area contributed by atoms with Crippen molar-refractivity contribution in [3.63, 3.8) is 0 Å². The summed E-state index contributed by atoms with van der Waals surface area (Å²) in [6.45, 7) is 8.75. The van der Waals surface area contributed by atoms with Crippen LogP contribution in [-0.4, -0.2) is 39.9 Å². The third-order valence-electron chi connectivity index (χ3n) is 9.21. The molecule has 0 amide bonds. The Hall–Kier alpha value is -3.67. The molecule has 0 aliphatic rings. The number of phenolic OH excluding ortho intramolecular Hbond substituents is 2. The number of rotatable bonds is 17. The lowest BCUT2D eigenvalue weighted by atomic mass is 10.1. The molecule has 65 heavy (non-hydrogen) atoms. The summed E-state index contributed by atoms with van der Waals surface area (Å²) in [5, 5.41) is 38.7. The Labute approximate surface area is 436 Å². The van der Waals surface area contributed by atoms with Crippen molar-refractivity contribution in [3.8, 4) is 46.0 Å². The van der Waals surface area contributed by atoms with E-state index in [1.807, 2.05) is 38.1 Å². The fourth-order valence-electron chi connectivity index (χ4n) is 5.71. The first kappa shape index (κ1) is 53.9. The summed E-state index contributed by atoms with van der Waals surface area (Å²) >= 11 is 13.6. The first-order chi connectivity index (χ1) is 31.0. The number of aromatic hydroxyl groups is 2. The van der Waals surface area contributed by atoms with Gasteiger partial charge in [0.15, 0.2) is 11.5 Å². The average molecular weight is 1350 g/mol. The molecule has 1 atom stereocenters. The van der Waals surface area contributed by atoms with Crippen molar-refractivity contribution in [2.45, 2.75) is 65.8 Å². The summed E-state index contributed by atoms with van der Waals surface area (Å²) in [5.74, 6) is 2.41. The number of unbranched alkanes of at least 4 members (excludes halogenated alkanes) is 1. The van der Waals surface area contributed by atoms with E-state index >= 15 is 0 Å². The molecule has 0 aliphatic carbocycles. The third kappa shape index (κ3) is 17.5. The minimum Gasteiger partial charge on any atom is -0.545 e. The Kier molecular flexibility index (Phi) is 22.6. The van der Waals surface area contributed by atoms with Crippen LogP contribution in [0, 0.1) is 17.6 Å². The van der Waals surface area contributed by atoms with Gasteiger partial charge in [0.2, 0.25) is 0 Å². The molecule has 0 heterocycles. The molecule has 0 unspecified atom stereocenters. The monoisotopic (exact) mass is 1350 g/mol. The maximum absolute atomic E-state index is 11.5. The number of hydrogen-bond acceptors (Lipinski definition) is 10. The molecule has 6 rings (SSSR count). The summed E-state index contributed by atoms with van der Waals surface area (Å²) in [7, 11) is 0. The zero-order valence-electron chi connectivity index (χ0n) is 35.8. The predicted molar refractivity (Wildman–Crippen MR) is 283 cm³/mol. The van der Waals surface area contributed by atoms with Gasteiger partial charge in [-0.05, 0) is 257 Å². The molecular formula is C49H47Br2I3NO10-. The lowest BCUT2D eigenvalue weighted by Crippen LogP contribution is -2.38. The molecular weight excluding hydrogens is 1300 g/mol. The number of nitrogens with one attached hydrogen (secondary N) is 1. The van der Waals surface area contributed by atoms with E-state index in [9.17, 15) is 30.0 Å². The van der Waals surface area contributed by atoms with E-state index in [4.69, 9.17) is 19.0 Å². The number of carboxylic acid groups (broad SMARTS) is 2. The number of phenols is 2. The molecule has 16 heteroatoms. The van der Waals surface area contributed by atoms with Gasteiger partial charge in [-0.2, -0.15) is 5.48 Å². The molecule has 0 fully saturated rings. The lowest BCUT2D eigenvalue weighted by Gasteiger charge is -2.16. The Bertz CT molecular complexity index is 2440. The number of carbonyl (C=O) groups excluding carboxylic acids is 1. The van der Waals surface area contributed by atoms with Crippen LogP contribution < -0.4 is 24.8 Å². The van der Waals surface area contributed by atoms with Gasteiger partial charge in [-0.3, -0.25) is 4.79 Å². The van der Waals surface area contributed by atoms with E-state index in [1.165, 1.54) is 23.3 Å². The van der Waals surface area contributed by atoms with Gasteiger partial charge in [0, 0.05) is 6.42 Å². The van der Waals surface area contributed by atoms with Crippen molar-refractivity contribution in [1.29, 1.82) is 0 Å². The highest BCUT2D eigenvalue weighted by Gasteiger charge is 2.20. The molecule has 0 radical (unpaired) electrons. The van der Waals surface area contributed by atoms with Crippen molar-refractivity contribution in [1.82, 2.24) is 5.48 Å². The second kappa shape index (κ2) is 27.2. The Morgan fingerprint density at radius 1 is 0.646 bits per heavy atom. The van der Waals surface area contributed by atoms with Gasteiger partial charge >= 0.3 is 5.97 Å². The quantitative estimate of drug-likeness (QED) is 0.0390. The maximum Gasteiger partial charge on any atom is 0.323 e. The molecule has 0 spiro atoms. The topological polar surface area (TPSA) is 167 Å². The smallest absolute Gasteiger partial charge is 0.323 e. The number of carboxylic acids is 2.